The van der Waals surface area contributed by atoms with Gasteiger partial charge in [0.05, 0.1) is 24.7 Å². The van der Waals surface area contributed by atoms with Crippen LogP contribution in [0.25, 0.3) is 0 Å². The van der Waals surface area contributed by atoms with Gasteiger partial charge in [-0.15, -0.1) is 0 Å². The second-order valence-electron chi connectivity index (χ2n) is 14.8. The van der Waals surface area contributed by atoms with Gasteiger partial charge >= 0.3 is 5.97 Å². The zero-order chi connectivity index (χ0) is 26.2. The van der Waals surface area contributed by atoms with Gasteiger partial charge in [-0.05, 0) is 92.8 Å². The van der Waals surface area contributed by atoms with Gasteiger partial charge in [0.1, 0.15) is 5.60 Å². The molecule has 11 atom stereocenters. The number of aliphatic hydroxyl groups is 4. The van der Waals surface area contributed by atoms with Gasteiger partial charge in [0.15, 0.2) is 5.60 Å². The molecule has 1 spiro atoms. The van der Waals surface area contributed by atoms with Crippen molar-refractivity contribution in [2.75, 3.05) is 13.2 Å². The summed E-state index contributed by atoms with van der Waals surface area (Å²) in [6.07, 6.45) is 9.18. The molecule has 4 saturated carbocycles. The number of carbonyl (C=O) groups is 1. The summed E-state index contributed by atoms with van der Waals surface area (Å²) < 4.78 is 5.86. The highest BCUT2D eigenvalue weighted by Gasteiger charge is 2.77. The van der Waals surface area contributed by atoms with Crippen LogP contribution in [0.2, 0.25) is 0 Å². The number of ether oxygens (including phenoxy) is 1. The lowest BCUT2D eigenvalue weighted by molar-refractivity contribution is -0.302. The van der Waals surface area contributed by atoms with Gasteiger partial charge in [-0.25, -0.2) is 0 Å². The Morgan fingerprint density at radius 2 is 1.61 bits per heavy atom. The molecule has 7 aliphatic rings. The van der Waals surface area contributed by atoms with E-state index in [-0.39, 0.29) is 47.3 Å². The van der Waals surface area contributed by atoms with Crippen LogP contribution in [0.1, 0.15) is 92.4 Å². The molecule has 202 valence electrons. The number of aliphatic hydroxyl groups excluding tert-OH is 3. The molecule has 7 rings (SSSR count). The third-order valence-corrected chi connectivity index (χ3v) is 14.0. The van der Waals surface area contributed by atoms with Gasteiger partial charge in [-0.2, -0.15) is 0 Å². The summed E-state index contributed by atoms with van der Waals surface area (Å²) in [5, 5.41) is 43.8. The number of fused-ring (bicyclic) bond motifs is 7. The standard InChI is InChI=1S/C30H46O6/c1-24-10-9-21(33)25(2,16-31)19(24)8-11-27(4)20(24)7-6-18-22-28(5,35)30(17-32)15-14-29(22,23(34)36-30)13-12-26(18,27)3/h6,19-22,31-33,35H,7-17H2,1-5H3/t19?,20?,21-,22?,24-,25+,26+,27+,28-,29+,30+/m0/s1. The maximum absolute atomic E-state index is 13.5. The third kappa shape index (κ3) is 2.48. The highest BCUT2D eigenvalue weighted by molar-refractivity contribution is 5.82. The predicted molar refractivity (Wildman–Crippen MR) is 135 cm³/mol. The molecule has 5 aliphatic carbocycles. The second kappa shape index (κ2) is 7.16. The first-order valence-corrected chi connectivity index (χ1v) is 14.3. The van der Waals surface area contributed by atoms with E-state index < -0.39 is 28.1 Å². The molecule has 6 nitrogen and oxygen atoms in total. The number of rotatable bonds is 2. The molecule has 2 heterocycles. The maximum atomic E-state index is 13.5. The van der Waals surface area contributed by atoms with Crippen molar-refractivity contribution in [1.82, 2.24) is 0 Å². The van der Waals surface area contributed by atoms with Crippen molar-refractivity contribution >= 4 is 5.97 Å². The Hall–Kier alpha value is -0.950. The Labute approximate surface area is 215 Å². The Balaban J connectivity index is 1.48. The molecule has 36 heavy (non-hydrogen) atoms. The van der Waals surface area contributed by atoms with Gasteiger partial charge in [0, 0.05) is 11.3 Å². The highest BCUT2D eigenvalue weighted by atomic mass is 16.6. The molecule has 6 fully saturated rings. The fraction of sp³-hybridized carbons (Fsp3) is 0.900. The summed E-state index contributed by atoms with van der Waals surface area (Å²) in [4.78, 5) is 13.5. The molecule has 0 aromatic carbocycles. The first-order valence-electron chi connectivity index (χ1n) is 14.3. The summed E-state index contributed by atoms with van der Waals surface area (Å²) in [5.41, 5.74) is -2.73. The van der Waals surface area contributed by atoms with Gasteiger partial charge in [-0.3, -0.25) is 4.79 Å². The van der Waals surface area contributed by atoms with Crippen LogP contribution in [-0.4, -0.2) is 56.9 Å². The van der Waals surface area contributed by atoms with E-state index in [1.54, 1.807) is 6.92 Å². The minimum atomic E-state index is -1.32. The lowest BCUT2D eigenvalue weighted by Crippen LogP contribution is -2.77. The Bertz CT molecular complexity index is 1020. The van der Waals surface area contributed by atoms with Crippen LogP contribution in [0.5, 0.6) is 0 Å². The molecule has 2 aliphatic heterocycles. The van der Waals surface area contributed by atoms with Gasteiger partial charge < -0.3 is 25.2 Å². The number of carbonyl (C=O) groups excluding carboxylic acids is 1. The molecule has 0 radical (unpaired) electrons. The zero-order valence-corrected chi connectivity index (χ0v) is 22.8. The lowest BCUT2D eigenvalue weighted by Gasteiger charge is -2.73. The average Bonchev–Trinajstić information content (AvgIpc) is 2.83. The van der Waals surface area contributed by atoms with E-state index in [0.29, 0.717) is 25.2 Å². The van der Waals surface area contributed by atoms with E-state index in [2.05, 4.69) is 33.8 Å². The predicted octanol–water partition coefficient (Wildman–Crippen LogP) is 3.74. The van der Waals surface area contributed by atoms with E-state index in [0.717, 1.165) is 38.5 Å². The summed E-state index contributed by atoms with van der Waals surface area (Å²) in [7, 11) is 0. The topological polar surface area (TPSA) is 107 Å². The van der Waals surface area contributed by atoms with Crippen molar-refractivity contribution in [1.29, 1.82) is 0 Å². The summed E-state index contributed by atoms with van der Waals surface area (Å²) in [5.74, 6) is 0.0800. The van der Waals surface area contributed by atoms with Crippen LogP contribution in [0, 0.1) is 44.8 Å². The number of allylic oxidation sites excluding steroid dienone is 1. The van der Waals surface area contributed by atoms with Crippen molar-refractivity contribution in [3.8, 4) is 0 Å². The van der Waals surface area contributed by atoms with E-state index in [4.69, 9.17) is 4.74 Å². The molecule has 3 unspecified atom stereocenters. The van der Waals surface area contributed by atoms with Crippen LogP contribution in [0.3, 0.4) is 0 Å². The second-order valence-corrected chi connectivity index (χ2v) is 14.8. The molecule has 0 aromatic heterocycles. The van der Waals surface area contributed by atoms with Crippen LogP contribution >= 0.6 is 0 Å². The van der Waals surface area contributed by atoms with Crippen LogP contribution in [0.4, 0.5) is 0 Å². The molecule has 0 aromatic rings. The van der Waals surface area contributed by atoms with E-state index in [1.165, 1.54) is 5.57 Å². The van der Waals surface area contributed by atoms with Gasteiger partial charge in [-0.1, -0.05) is 39.3 Å². The normalized spacial score (nSPS) is 59.7. The lowest BCUT2D eigenvalue weighted by atomic mass is 9.32. The van der Waals surface area contributed by atoms with Crippen LogP contribution < -0.4 is 0 Å². The minimum absolute atomic E-state index is 0.00320. The van der Waals surface area contributed by atoms with E-state index in [1.807, 2.05) is 0 Å². The Kier molecular flexibility index (Phi) is 5.04. The Morgan fingerprint density at radius 1 is 0.917 bits per heavy atom. The summed E-state index contributed by atoms with van der Waals surface area (Å²) in [6.45, 7) is 10.8. The number of hydrogen-bond donors (Lipinski definition) is 4. The quantitative estimate of drug-likeness (QED) is 0.339. The van der Waals surface area contributed by atoms with E-state index in [9.17, 15) is 25.2 Å². The SMILES string of the molecule is C[C@]12CC[C@H](O)[C@](C)(CO)C1CC[C@]1(C)C2CC=C2C3[C@]4(CC[C@](CO)(OC4=O)[C@@]3(C)O)CC[C@]21C. The minimum Gasteiger partial charge on any atom is -0.453 e. The number of hydrogen-bond acceptors (Lipinski definition) is 6. The van der Waals surface area contributed by atoms with Crippen molar-refractivity contribution in [3.05, 3.63) is 11.6 Å². The average molecular weight is 503 g/mol. The molecule has 2 bridgehead atoms. The van der Waals surface area contributed by atoms with E-state index >= 15 is 0 Å². The molecule has 6 heteroatoms. The molecule has 0 amide bonds. The smallest absolute Gasteiger partial charge is 0.313 e. The molecule has 4 N–H and O–H groups in total. The fourth-order valence-electron chi connectivity index (χ4n) is 11.4. The number of esters is 1. The zero-order valence-electron chi connectivity index (χ0n) is 22.8. The van der Waals surface area contributed by atoms with Crippen molar-refractivity contribution in [2.24, 2.45) is 44.8 Å². The van der Waals surface area contributed by atoms with Crippen molar-refractivity contribution in [2.45, 2.75) is 110 Å². The van der Waals surface area contributed by atoms with Crippen molar-refractivity contribution in [3.63, 3.8) is 0 Å². The fourth-order valence-corrected chi connectivity index (χ4v) is 11.4. The monoisotopic (exact) mass is 502 g/mol. The largest absolute Gasteiger partial charge is 0.453 e. The first kappa shape index (κ1) is 25.3. The molecule has 2 saturated heterocycles. The third-order valence-electron chi connectivity index (χ3n) is 14.0. The Morgan fingerprint density at radius 3 is 2.25 bits per heavy atom. The molecular weight excluding hydrogens is 456 g/mol. The maximum Gasteiger partial charge on any atom is 0.313 e. The summed E-state index contributed by atoms with van der Waals surface area (Å²) >= 11 is 0. The first-order chi connectivity index (χ1) is 16.7. The highest BCUT2D eigenvalue weighted by Crippen LogP contribution is 2.77. The summed E-state index contributed by atoms with van der Waals surface area (Å²) in [6, 6.07) is 0. The van der Waals surface area contributed by atoms with Crippen LogP contribution in [0.15, 0.2) is 11.6 Å². The van der Waals surface area contributed by atoms with Crippen LogP contribution in [-0.2, 0) is 9.53 Å². The van der Waals surface area contributed by atoms with Gasteiger partial charge in [0.25, 0.3) is 0 Å². The van der Waals surface area contributed by atoms with Gasteiger partial charge in [0.2, 0.25) is 0 Å². The van der Waals surface area contributed by atoms with Crippen molar-refractivity contribution < 1.29 is 30.0 Å². The molecular formula is C30H46O6.